The van der Waals surface area contributed by atoms with Gasteiger partial charge in [-0.05, 0) is 42.2 Å². The van der Waals surface area contributed by atoms with Gasteiger partial charge in [0.15, 0.2) is 0 Å². The van der Waals surface area contributed by atoms with Crippen LogP contribution in [0.15, 0.2) is 109 Å². The van der Waals surface area contributed by atoms with Crippen LogP contribution < -0.4 is 0 Å². The van der Waals surface area contributed by atoms with E-state index in [4.69, 9.17) is 14.2 Å². The summed E-state index contributed by atoms with van der Waals surface area (Å²) >= 11 is 0. The topological polar surface area (TPSA) is 30.9 Å². The highest BCUT2D eigenvalue weighted by Gasteiger charge is 2.44. The van der Waals surface area contributed by atoms with Gasteiger partial charge >= 0.3 is 0 Å². The molecule has 4 atom stereocenters. The number of ether oxygens (including phenoxy) is 3. The molecular formula is C35H37F2NO3. The molecule has 1 heterocycles. The fourth-order valence-electron chi connectivity index (χ4n) is 5.41. The summed E-state index contributed by atoms with van der Waals surface area (Å²) in [6.07, 6.45) is -0.755. The van der Waals surface area contributed by atoms with E-state index < -0.39 is 11.6 Å². The van der Waals surface area contributed by atoms with Gasteiger partial charge in [-0.15, -0.1) is 0 Å². The number of piperidine rings is 1. The van der Waals surface area contributed by atoms with Crippen molar-refractivity contribution in [3.63, 3.8) is 0 Å². The van der Waals surface area contributed by atoms with Crippen LogP contribution >= 0.6 is 0 Å². The van der Waals surface area contributed by atoms with Gasteiger partial charge in [0.1, 0.15) is 23.8 Å². The van der Waals surface area contributed by atoms with E-state index in [1.165, 1.54) is 18.2 Å². The maximum Gasteiger partial charge on any atom is 0.129 e. The smallest absolute Gasteiger partial charge is 0.129 e. The molecule has 0 unspecified atom stereocenters. The Bertz CT molecular complexity index is 1320. The first-order chi connectivity index (χ1) is 20.1. The van der Waals surface area contributed by atoms with E-state index in [0.717, 1.165) is 16.7 Å². The molecule has 4 aromatic rings. The number of likely N-dealkylation sites (tertiary alicyclic amines) is 1. The number of rotatable bonds is 12. The van der Waals surface area contributed by atoms with Crippen molar-refractivity contribution in [2.75, 3.05) is 13.1 Å². The number of nitrogens with zero attached hydrogens (tertiary/aromatic N) is 1. The molecule has 1 saturated heterocycles. The zero-order valence-electron chi connectivity index (χ0n) is 23.4. The van der Waals surface area contributed by atoms with Crippen LogP contribution in [-0.4, -0.2) is 42.3 Å². The summed E-state index contributed by atoms with van der Waals surface area (Å²) in [5.74, 6) is -1.04. The molecule has 0 spiro atoms. The predicted octanol–water partition coefficient (Wildman–Crippen LogP) is 6.97. The van der Waals surface area contributed by atoms with Crippen molar-refractivity contribution in [1.82, 2.24) is 4.90 Å². The molecule has 1 aliphatic rings. The second-order valence-corrected chi connectivity index (χ2v) is 10.5. The lowest BCUT2D eigenvalue weighted by Crippen LogP contribution is -2.62. The number of benzene rings is 4. The maximum absolute atomic E-state index is 14.5. The lowest BCUT2D eigenvalue weighted by atomic mass is 9.93. The molecule has 4 aromatic carbocycles. The van der Waals surface area contributed by atoms with Crippen LogP contribution in [0.5, 0.6) is 0 Å². The van der Waals surface area contributed by atoms with Gasteiger partial charge < -0.3 is 14.2 Å². The Morgan fingerprint density at radius 1 is 0.610 bits per heavy atom. The highest BCUT2D eigenvalue weighted by atomic mass is 19.1. The quantitative estimate of drug-likeness (QED) is 0.188. The first-order valence-electron chi connectivity index (χ1n) is 14.2. The van der Waals surface area contributed by atoms with Gasteiger partial charge in [0.25, 0.3) is 0 Å². The molecular weight excluding hydrogens is 520 g/mol. The Hall–Kier alpha value is -3.42. The molecule has 0 amide bonds. The first-order valence-corrected chi connectivity index (χ1v) is 14.2. The van der Waals surface area contributed by atoms with E-state index >= 15 is 0 Å². The largest absolute Gasteiger partial charge is 0.369 e. The lowest BCUT2D eigenvalue weighted by molar-refractivity contribution is -0.200. The van der Waals surface area contributed by atoms with Gasteiger partial charge in [-0.1, -0.05) is 97.1 Å². The molecule has 0 saturated carbocycles. The maximum atomic E-state index is 14.5. The fourth-order valence-corrected chi connectivity index (χ4v) is 5.41. The minimum absolute atomic E-state index is 0.0779. The van der Waals surface area contributed by atoms with Crippen LogP contribution in [0.3, 0.4) is 0 Å². The number of hydrogen-bond acceptors (Lipinski definition) is 4. The van der Waals surface area contributed by atoms with Crippen LogP contribution in [0.4, 0.5) is 8.78 Å². The minimum Gasteiger partial charge on any atom is -0.369 e. The molecule has 1 fully saturated rings. The summed E-state index contributed by atoms with van der Waals surface area (Å²) in [4.78, 5) is 2.21. The molecule has 214 valence electrons. The third-order valence-electron chi connectivity index (χ3n) is 7.74. The number of halogens is 2. The summed E-state index contributed by atoms with van der Waals surface area (Å²) in [6, 6.07) is 34.1. The summed E-state index contributed by atoms with van der Waals surface area (Å²) < 4.78 is 48.7. The SMILES string of the molecule is C[C@@H]1[C@@H](OCc2ccccc2)[C@H](OCc2ccccc2)[C@@H](OCc2ccccc2)CN1CCc1c(F)cccc1F. The van der Waals surface area contributed by atoms with Crippen molar-refractivity contribution in [3.05, 3.63) is 143 Å². The molecule has 4 nitrogen and oxygen atoms in total. The summed E-state index contributed by atoms with van der Waals surface area (Å²) in [7, 11) is 0. The minimum atomic E-state index is -0.521. The van der Waals surface area contributed by atoms with Gasteiger partial charge in [-0.3, -0.25) is 4.90 Å². The zero-order chi connectivity index (χ0) is 28.4. The molecule has 0 N–H and O–H groups in total. The molecule has 0 bridgehead atoms. The molecule has 0 radical (unpaired) electrons. The van der Waals surface area contributed by atoms with Crippen LogP contribution in [0.25, 0.3) is 0 Å². The Morgan fingerprint density at radius 3 is 1.59 bits per heavy atom. The molecule has 0 aromatic heterocycles. The average Bonchev–Trinajstić information content (AvgIpc) is 3.01. The standard InChI is InChI=1S/C35H37F2NO3/c1-26-34(40-24-28-14-7-3-8-15-28)35(41-25-29-16-9-4-10-17-29)33(39-23-27-12-5-2-6-13-27)22-38(26)21-20-30-31(36)18-11-19-32(30)37/h2-19,26,33-35H,20-25H2,1H3/t26-,33+,34-,35-/m1/s1. The summed E-state index contributed by atoms with van der Waals surface area (Å²) in [5.41, 5.74) is 3.30. The second-order valence-electron chi connectivity index (χ2n) is 10.5. The molecule has 0 aliphatic carbocycles. The van der Waals surface area contributed by atoms with Crippen molar-refractivity contribution in [2.24, 2.45) is 0 Å². The van der Waals surface area contributed by atoms with Crippen LogP contribution in [0, 0.1) is 11.6 Å². The lowest BCUT2D eigenvalue weighted by Gasteiger charge is -2.47. The Morgan fingerprint density at radius 2 is 1.07 bits per heavy atom. The van der Waals surface area contributed by atoms with Crippen LogP contribution in [0.1, 0.15) is 29.2 Å². The van der Waals surface area contributed by atoms with E-state index in [1.54, 1.807) is 0 Å². The molecule has 5 rings (SSSR count). The normalized spacial score (nSPS) is 21.1. The van der Waals surface area contributed by atoms with E-state index in [9.17, 15) is 8.78 Å². The van der Waals surface area contributed by atoms with Gasteiger partial charge in [0.2, 0.25) is 0 Å². The van der Waals surface area contributed by atoms with E-state index in [-0.39, 0.29) is 36.3 Å². The average molecular weight is 558 g/mol. The fraction of sp³-hybridized carbons (Fsp3) is 0.314. The Kier molecular flexibility index (Phi) is 10.3. The van der Waals surface area contributed by atoms with Crippen molar-refractivity contribution >= 4 is 0 Å². The van der Waals surface area contributed by atoms with Crippen LogP contribution in [0.2, 0.25) is 0 Å². The van der Waals surface area contributed by atoms with Gasteiger partial charge in [0.05, 0.1) is 25.9 Å². The highest BCUT2D eigenvalue weighted by molar-refractivity contribution is 5.20. The molecule has 1 aliphatic heterocycles. The third-order valence-corrected chi connectivity index (χ3v) is 7.74. The second kappa shape index (κ2) is 14.5. The third kappa shape index (κ3) is 7.86. The first kappa shape index (κ1) is 29.1. The summed E-state index contributed by atoms with van der Waals surface area (Å²) in [5, 5.41) is 0. The van der Waals surface area contributed by atoms with Crippen molar-refractivity contribution in [2.45, 2.75) is 57.5 Å². The summed E-state index contributed by atoms with van der Waals surface area (Å²) in [6.45, 7) is 4.37. The van der Waals surface area contributed by atoms with Gasteiger partial charge in [-0.2, -0.15) is 0 Å². The zero-order valence-corrected chi connectivity index (χ0v) is 23.4. The van der Waals surface area contributed by atoms with E-state index in [1.807, 2.05) is 91.0 Å². The highest BCUT2D eigenvalue weighted by Crippen LogP contribution is 2.29. The molecule has 41 heavy (non-hydrogen) atoms. The van der Waals surface area contributed by atoms with Gasteiger partial charge in [0, 0.05) is 24.7 Å². The van der Waals surface area contributed by atoms with E-state index in [0.29, 0.717) is 32.9 Å². The predicted molar refractivity (Wildman–Crippen MR) is 156 cm³/mol. The van der Waals surface area contributed by atoms with Crippen molar-refractivity contribution in [1.29, 1.82) is 0 Å². The Labute approximate surface area is 241 Å². The van der Waals surface area contributed by atoms with Gasteiger partial charge in [-0.25, -0.2) is 8.78 Å². The van der Waals surface area contributed by atoms with Crippen molar-refractivity contribution in [3.8, 4) is 0 Å². The van der Waals surface area contributed by atoms with E-state index in [2.05, 4.69) is 11.8 Å². The number of hydrogen-bond donors (Lipinski definition) is 0. The monoisotopic (exact) mass is 557 g/mol. The van der Waals surface area contributed by atoms with Crippen molar-refractivity contribution < 1.29 is 23.0 Å². The van der Waals surface area contributed by atoms with Crippen LogP contribution in [-0.2, 0) is 40.5 Å². The molecule has 6 heteroatoms. The Balaban J connectivity index is 1.39.